The van der Waals surface area contributed by atoms with Crippen LogP contribution < -0.4 is 4.90 Å². The summed E-state index contributed by atoms with van der Waals surface area (Å²) in [6.45, 7) is 5.13. The Labute approximate surface area is 144 Å². The van der Waals surface area contributed by atoms with Crippen LogP contribution in [0.5, 0.6) is 0 Å². The first-order chi connectivity index (χ1) is 11.5. The Morgan fingerprint density at radius 3 is 2.08 bits per heavy atom. The molecule has 0 aliphatic carbocycles. The van der Waals surface area contributed by atoms with Crippen LogP contribution in [0.4, 0.5) is 5.69 Å². The molecule has 1 aliphatic rings. The molecule has 0 amide bonds. The fraction of sp³-hybridized carbons (Fsp3) is 0.368. The average molecular weight is 344 g/mol. The predicted molar refractivity (Wildman–Crippen MR) is 98.4 cm³/mol. The van der Waals surface area contributed by atoms with E-state index in [-0.39, 0.29) is 0 Å². The van der Waals surface area contributed by atoms with Gasteiger partial charge in [0.25, 0.3) is 0 Å². The van der Waals surface area contributed by atoms with Crippen molar-refractivity contribution in [1.29, 1.82) is 0 Å². The summed E-state index contributed by atoms with van der Waals surface area (Å²) >= 11 is 0. The van der Waals surface area contributed by atoms with Gasteiger partial charge in [0.05, 0.1) is 4.90 Å². The lowest BCUT2D eigenvalue weighted by Gasteiger charge is -2.36. The lowest BCUT2D eigenvalue weighted by atomic mass is 10.1. The van der Waals surface area contributed by atoms with Crippen LogP contribution in [0.15, 0.2) is 59.5 Å². The van der Waals surface area contributed by atoms with Crippen molar-refractivity contribution in [2.24, 2.45) is 0 Å². The summed E-state index contributed by atoms with van der Waals surface area (Å²) in [4.78, 5) is 5.20. The van der Waals surface area contributed by atoms with Crippen LogP contribution >= 0.6 is 0 Å². The second kappa shape index (κ2) is 7.36. The third-order valence-electron chi connectivity index (χ3n) is 4.56. The van der Waals surface area contributed by atoms with Crippen molar-refractivity contribution in [3.8, 4) is 0 Å². The minimum absolute atomic E-state index is 0.382. The summed E-state index contributed by atoms with van der Waals surface area (Å²) in [7, 11) is -3.12. The molecule has 0 atom stereocenters. The zero-order valence-electron chi connectivity index (χ0n) is 14.1. The Balaban J connectivity index is 1.51. The van der Waals surface area contributed by atoms with E-state index in [2.05, 4.69) is 40.1 Å². The number of rotatable bonds is 5. The maximum absolute atomic E-state index is 11.5. The zero-order valence-corrected chi connectivity index (χ0v) is 14.9. The number of hydrogen-bond acceptors (Lipinski definition) is 4. The Kier molecular flexibility index (Phi) is 5.21. The van der Waals surface area contributed by atoms with E-state index in [1.807, 2.05) is 12.1 Å². The van der Waals surface area contributed by atoms with Gasteiger partial charge in [0.1, 0.15) is 0 Å². The summed E-state index contributed by atoms with van der Waals surface area (Å²) in [5.74, 6) is 0. The topological polar surface area (TPSA) is 40.6 Å². The number of hydrogen-bond donors (Lipinski definition) is 0. The molecule has 5 heteroatoms. The van der Waals surface area contributed by atoms with E-state index in [1.165, 1.54) is 11.8 Å². The fourth-order valence-corrected chi connectivity index (χ4v) is 3.70. The quantitative estimate of drug-likeness (QED) is 0.835. The molecule has 0 N–H and O–H groups in total. The number of piperazine rings is 1. The second-order valence-corrected chi connectivity index (χ2v) is 8.35. The van der Waals surface area contributed by atoms with Crippen molar-refractivity contribution in [3.05, 3.63) is 60.2 Å². The van der Waals surface area contributed by atoms with Gasteiger partial charge in [0, 0.05) is 44.7 Å². The molecule has 0 aromatic heterocycles. The number of anilines is 1. The Hall–Kier alpha value is -1.85. The van der Waals surface area contributed by atoms with Crippen molar-refractivity contribution in [3.63, 3.8) is 0 Å². The van der Waals surface area contributed by atoms with Crippen LogP contribution in [0.1, 0.15) is 5.56 Å². The van der Waals surface area contributed by atoms with Gasteiger partial charge in [0.2, 0.25) is 0 Å². The first kappa shape index (κ1) is 17.0. The van der Waals surface area contributed by atoms with Crippen molar-refractivity contribution in [2.75, 3.05) is 43.9 Å². The van der Waals surface area contributed by atoms with Gasteiger partial charge in [0.15, 0.2) is 9.84 Å². The van der Waals surface area contributed by atoms with E-state index < -0.39 is 9.84 Å². The highest BCUT2D eigenvalue weighted by Crippen LogP contribution is 2.19. The third kappa shape index (κ3) is 4.36. The van der Waals surface area contributed by atoms with Crippen molar-refractivity contribution >= 4 is 15.5 Å². The summed E-state index contributed by atoms with van der Waals surface area (Å²) in [6, 6.07) is 17.8. The highest BCUT2D eigenvalue weighted by molar-refractivity contribution is 7.90. The largest absolute Gasteiger partial charge is 0.369 e. The van der Waals surface area contributed by atoms with Gasteiger partial charge in [-0.3, -0.25) is 4.90 Å². The van der Waals surface area contributed by atoms with Gasteiger partial charge in [-0.2, -0.15) is 0 Å². The molecule has 3 rings (SSSR count). The molecule has 1 saturated heterocycles. The van der Waals surface area contributed by atoms with Crippen LogP contribution in [0, 0.1) is 0 Å². The Morgan fingerprint density at radius 2 is 1.50 bits per heavy atom. The molecule has 1 heterocycles. The first-order valence-corrected chi connectivity index (χ1v) is 10.2. The molecule has 0 bridgehead atoms. The van der Waals surface area contributed by atoms with Crippen molar-refractivity contribution < 1.29 is 8.42 Å². The van der Waals surface area contributed by atoms with E-state index in [1.54, 1.807) is 12.1 Å². The highest BCUT2D eigenvalue weighted by Gasteiger charge is 2.17. The molecule has 2 aromatic rings. The van der Waals surface area contributed by atoms with E-state index >= 15 is 0 Å². The SMILES string of the molecule is CS(=O)(=O)c1ccc(N2CCN(CCc3ccccc3)CC2)cc1. The average Bonchev–Trinajstić information content (AvgIpc) is 2.61. The molecule has 1 aliphatic heterocycles. The monoisotopic (exact) mass is 344 g/mol. The summed E-state index contributed by atoms with van der Waals surface area (Å²) in [5.41, 5.74) is 2.49. The molecule has 0 saturated carbocycles. The van der Waals surface area contributed by atoms with Gasteiger partial charge in [-0.05, 0) is 36.2 Å². The summed E-state index contributed by atoms with van der Waals surface area (Å²) in [5, 5.41) is 0. The molecule has 0 spiro atoms. The first-order valence-electron chi connectivity index (χ1n) is 8.34. The van der Waals surface area contributed by atoms with Crippen LogP contribution in [-0.2, 0) is 16.3 Å². The van der Waals surface area contributed by atoms with Crippen molar-refractivity contribution in [2.45, 2.75) is 11.3 Å². The number of nitrogens with zero attached hydrogens (tertiary/aromatic N) is 2. The minimum atomic E-state index is -3.12. The van der Waals surface area contributed by atoms with E-state index in [0.29, 0.717) is 4.90 Å². The fourth-order valence-electron chi connectivity index (χ4n) is 3.07. The number of benzene rings is 2. The molecular weight excluding hydrogens is 320 g/mol. The molecule has 0 unspecified atom stereocenters. The molecule has 1 fully saturated rings. The van der Waals surface area contributed by atoms with E-state index in [4.69, 9.17) is 0 Å². The molecular formula is C19H24N2O2S. The Bertz CT molecular complexity index is 750. The third-order valence-corrected chi connectivity index (χ3v) is 5.69. The van der Waals surface area contributed by atoms with Gasteiger partial charge in [-0.25, -0.2) is 8.42 Å². The highest BCUT2D eigenvalue weighted by atomic mass is 32.2. The van der Waals surface area contributed by atoms with Gasteiger partial charge in [-0.1, -0.05) is 30.3 Å². The van der Waals surface area contributed by atoms with Gasteiger partial charge in [-0.15, -0.1) is 0 Å². The van der Waals surface area contributed by atoms with Crippen LogP contribution in [-0.4, -0.2) is 52.3 Å². The smallest absolute Gasteiger partial charge is 0.175 e. The standard InChI is InChI=1S/C19H24N2O2S/c1-24(22,23)19-9-7-18(8-10-19)21-15-13-20(14-16-21)12-11-17-5-3-2-4-6-17/h2-10H,11-16H2,1H3. The van der Waals surface area contributed by atoms with Crippen LogP contribution in [0.25, 0.3) is 0 Å². The maximum atomic E-state index is 11.5. The molecule has 128 valence electrons. The van der Waals surface area contributed by atoms with E-state index in [9.17, 15) is 8.42 Å². The molecule has 4 nitrogen and oxygen atoms in total. The number of sulfone groups is 1. The molecule has 24 heavy (non-hydrogen) atoms. The zero-order chi connectivity index (χ0) is 17.0. The van der Waals surface area contributed by atoms with E-state index in [0.717, 1.165) is 44.8 Å². The predicted octanol–water partition coefficient (Wildman–Crippen LogP) is 2.45. The lowest BCUT2D eigenvalue weighted by Crippen LogP contribution is -2.47. The summed E-state index contributed by atoms with van der Waals surface area (Å²) in [6.07, 6.45) is 2.33. The minimum Gasteiger partial charge on any atom is -0.369 e. The van der Waals surface area contributed by atoms with Gasteiger partial charge >= 0.3 is 0 Å². The Morgan fingerprint density at radius 1 is 0.875 bits per heavy atom. The van der Waals surface area contributed by atoms with Crippen molar-refractivity contribution in [1.82, 2.24) is 4.90 Å². The molecule has 2 aromatic carbocycles. The van der Waals surface area contributed by atoms with Crippen LogP contribution in [0.3, 0.4) is 0 Å². The lowest BCUT2D eigenvalue weighted by molar-refractivity contribution is 0.261. The molecule has 0 radical (unpaired) electrons. The maximum Gasteiger partial charge on any atom is 0.175 e. The summed E-state index contributed by atoms with van der Waals surface area (Å²) < 4.78 is 23.1. The van der Waals surface area contributed by atoms with Gasteiger partial charge < -0.3 is 4.90 Å². The normalized spacial score (nSPS) is 16.3. The second-order valence-electron chi connectivity index (χ2n) is 6.33. The van der Waals surface area contributed by atoms with Crippen LogP contribution in [0.2, 0.25) is 0 Å².